The summed E-state index contributed by atoms with van der Waals surface area (Å²) >= 11 is 2.93. The second kappa shape index (κ2) is 5.87. The van der Waals surface area contributed by atoms with Gasteiger partial charge in [-0.05, 0) is 51.2 Å². The average molecular weight is 310 g/mol. The molecule has 0 heterocycles. The van der Waals surface area contributed by atoms with Crippen LogP contribution < -0.4 is 0 Å². The van der Waals surface area contributed by atoms with Crippen LogP contribution in [0.1, 0.15) is 17.5 Å². The third-order valence-corrected chi connectivity index (χ3v) is 3.10. The highest BCUT2D eigenvalue weighted by atomic mass is 79.9. The van der Waals surface area contributed by atoms with Gasteiger partial charge in [-0.15, -0.1) is 0 Å². The van der Waals surface area contributed by atoms with Crippen LogP contribution in [-0.4, -0.2) is 25.5 Å². The maximum atomic E-state index is 12.6. The van der Waals surface area contributed by atoms with Crippen molar-refractivity contribution in [1.29, 1.82) is 0 Å². The summed E-state index contributed by atoms with van der Waals surface area (Å²) in [4.78, 5) is 2.02. The van der Waals surface area contributed by atoms with Gasteiger partial charge in [-0.2, -0.15) is 13.2 Å². The Labute approximate surface area is 108 Å². The number of halogens is 4. The second-order valence-corrected chi connectivity index (χ2v) is 5.07. The fourth-order valence-corrected chi connectivity index (χ4v) is 2.02. The van der Waals surface area contributed by atoms with Crippen molar-refractivity contribution >= 4 is 15.9 Å². The molecular formula is C12H15BrF3N. The number of benzene rings is 1. The summed E-state index contributed by atoms with van der Waals surface area (Å²) in [6.45, 7) is 0.872. The highest BCUT2D eigenvalue weighted by molar-refractivity contribution is 9.10. The van der Waals surface area contributed by atoms with Gasteiger partial charge in [-0.25, -0.2) is 0 Å². The number of alkyl halides is 3. The van der Waals surface area contributed by atoms with Crippen LogP contribution in [0.3, 0.4) is 0 Å². The quantitative estimate of drug-likeness (QED) is 0.813. The molecule has 0 spiro atoms. The lowest BCUT2D eigenvalue weighted by molar-refractivity contribution is -0.138. The molecule has 0 unspecified atom stereocenters. The summed E-state index contributed by atoms with van der Waals surface area (Å²) in [5.41, 5.74) is 0.127. The van der Waals surface area contributed by atoms with E-state index in [2.05, 4.69) is 15.9 Å². The van der Waals surface area contributed by atoms with Gasteiger partial charge in [-0.3, -0.25) is 0 Å². The molecule has 0 aliphatic heterocycles. The van der Waals surface area contributed by atoms with Crippen molar-refractivity contribution in [3.05, 3.63) is 33.8 Å². The first kappa shape index (κ1) is 14.5. The largest absolute Gasteiger partial charge is 0.417 e. The Morgan fingerprint density at radius 2 is 1.88 bits per heavy atom. The van der Waals surface area contributed by atoms with Crippen LogP contribution in [0.25, 0.3) is 0 Å². The van der Waals surface area contributed by atoms with Gasteiger partial charge in [0.05, 0.1) is 5.56 Å². The van der Waals surface area contributed by atoms with Crippen molar-refractivity contribution in [3.8, 4) is 0 Å². The molecule has 1 nitrogen and oxygen atoms in total. The minimum atomic E-state index is -4.30. The topological polar surface area (TPSA) is 3.24 Å². The first-order valence-electron chi connectivity index (χ1n) is 5.31. The fourth-order valence-electron chi connectivity index (χ4n) is 1.54. The average Bonchev–Trinajstić information content (AvgIpc) is 2.18. The van der Waals surface area contributed by atoms with Crippen LogP contribution in [0, 0.1) is 0 Å². The van der Waals surface area contributed by atoms with Crippen LogP contribution in [0.2, 0.25) is 0 Å². The molecule has 1 rings (SSSR count). The van der Waals surface area contributed by atoms with Gasteiger partial charge < -0.3 is 4.90 Å². The van der Waals surface area contributed by atoms with E-state index in [1.807, 2.05) is 19.0 Å². The summed E-state index contributed by atoms with van der Waals surface area (Å²) in [6.07, 6.45) is -2.78. The van der Waals surface area contributed by atoms with E-state index in [1.54, 1.807) is 6.07 Å². The van der Waals surface area contributed by atoms with Gasteiger partial charge in [0.15, 0.2) is 0 Å². The molecule has 96 valence electrons. The SMILES string of the molecule is CN(C)CCCc1ccc(Br)c(C(F)(F)F)c1. The minimum Gasteiger partial charge on any atom is -0.309 e. The normalized spacial score (nSPS) is 12.2. The molecule has 0 atom stereocenters. The standard InChI is InChI=1S/C12H15BrF3N/c1-17(2)7-3-4-9-5-6-11(13)10(8-9)12(14,15)16/h5-6,8H,3-4,7H2,1-2H3. The van der Waals surface area contributed by atoms with Gasteiger partial charge >= 0.3 is 6.18 Å². The molecule has 0 fully saturated rings. The van der Waals surface area contributed by atoms with Crippen LogP contribution in [0.15, 0.2) is 22.7 Å². The Morgan fingerprint density at radius 3 is 2.41 bits per heavy atom. The van der Waals surface area contributed by atoms with Crippen molar-refractivity contribution in [3.63, 3.8) is 0 Å². The smallest absolute Gasteiger partial charge is 0.309 e. The summed E-state index contributed by atoms with van der Waals surface area (Å²) < 4.78 is 38.0. The maximum absolute atomic E-state index is 12.6. The van der Waals surface area contributed by atoms with Crippen molar-refractivity contribution < 1.29 is 13.2 Å². The predicted octanol–water partition coefficient (Wildman–Crippen LogP) is 3.96. The third-order valence-electron chi connectivity index (χ3n) is 2.41. The molecule has 0 amide bonds. The van der Waals surface area contributed by atoms with E-state index in [0.29, 0.717) is 6.42 Å². The lowest BCUT2D eigenvalue weighted by Gasteiger charge is -2.12. The van der Waals surface area contributed by atoms with E-state index < -0.39 is 11.7 Å². The molecule has 17 heavy (non-hydrogen) atoms. The van der Waals surface area contributed by atoms with Gasteiger partial charge in [0.1, 0.15) is 0 Å². The Bertz CT molecular complexity index is 375. The summed E-state index contributed by atoms with van der Waals surface area (Å²) in [5.74, 6) is 0. The summed E-state index contributed by atoms with van der Waals surface area (Å²) in [7, 11) is 3.89. The van der Waals surface area contributed by atoms with Crippen LogP contribution in [0.5, 0.6) is 0 Å². The van der Waals surface area contributed by atoms with Crippen molar-refractivity contribution in [2.45, 2.75) is 19.0 Å². The summed E-state index contributed by atoms with van der Waals surface area (Å²) in [5, 5.41) is 0. The third kappa shape index (κ3) is 4.68. The molecule has 0 saturated carbocycles. The molecule has 1 aromatic carbocycles. The second-order valence-electron chi connectivity index (χ2n) is 4.22. The first-order valence-corrected chi connectivity index (χ1v) is 6.10. The Hall–Kier alpha value is -0.550. The van der Waals surface area contributed by atoms with Crippen molar-refractivity contribution in [2.24, 2.45) is 0 Å². The molecule has 5 heteroatoms. The van der Waals surface area contributed by atoms with E-state index >= 15 is 0 Å². The number of aryl methyl sites for hydroxylation is 1. The van der Waals surface area contributed by atoms with Gasteiger partial charge in [0.2, 0.25) is 0 Å². The molecule has 0 saturated heterocycles. The van der Waals surface area contributed by atoms with E-state index in [0.717, 1.165) is 18.5 Å². The Kier molecular flexibility index (Phi) is 5.01. The lowest BCUT2D eigenvalue weighted by Crippen LogP contribution is -2.13. The zero-order valence-electron chi connectivity index (χ0n) is 9.81. The van der Waals surface area contributed by atoms with E-state index in [1.165, 1.54) is 12.1 Å². The van der Waals surface area contributed by atoms with E-state index in [9.17, 15) is 13.2 Å². The molecule has 0 radical (unpaired) electrons. The Morgan fingerprint density at radius 1 is 1.24 bits per heavy atom. The van der Waals surface area contributed by atoms with Crippen molar-refractivity contribution in [2.75, 3.05) is 20.6 Å². The van der Waals surface area contributed by atoms with Crippen LogP contribution >= 0.6 is 15.9 Å². The molecule has 0 bridgehead atoms. The van der Waals surface area contributed by atoms with Gasteiger partial charge in [0.25, 0.3) is 0 Å². The van der Waals surface area contributed by atoms with E-state index in [-0.39, 0.29) is 4.47 Å². The van der Waals surface area contributed by atoms with Crippen molar-refractivity contribution in [1.82, 2.24) is 4.90 Å². The fraction of sp³-hybridized carbons (Fsp3) is 0.500. The summed E-state index contributed by atoms with van der Waals surface area (Å²) in [6, 6.07) is 4.42. The highest BCUT2D eigenvalue weighted by Gasteiger charge is 2.32. The zero-order chi connectivity index (χ0) is 13.1. The predicted molar refractivity (Wildman–Crippen MR) is 66.0 cm³/mol. The molecule has 1 aromatic rings. The molecule has 0 aliphatic carbocycles. The zero-order valence-corrected chi connectivity index (χ0v) is 11.4. The number of hydrogen-bond acceptors (Lipinski definition) is 1. The molecule has 0 aromatic heterocycles. The van der Waals surface area contributed by atoms with Gasteiger partial charge in [0, 0.05) is 4.47 Å². The highest BCUT2D eigenvalue weighted by Crippen LogP contribution is 2.35. The Balaban J connectivity index is 2.76. The number of nitrogens with zero attached hydrogens (tertiary/aromatic N) is 1. The molecule has 0 N–H and O–H groups in total. The minimum absolute atomic E-state index is 0.0985. The number of hydrogen-bond donors (Lipinski definition) is 0. The maximum Gasteiger partial charge on any atom is 0.417 e. The van der Waals surface area contributed by atoms with Crippen LogP contribution in [0.4, 0.5) is 13.2 Å². The van der Waals surface area contributed by atoms with Crippen LogP contribution in [-0.2, 0) is 12.6 Å². The first-order chi connectivity index (χ1) is 7.80. The number of rotatable bonds is 4. The monoisotopic (exact) mass is 309 g/mol. The molecular weight excluding hydrogens is 295 g/mol. The molecule has 0 aliphatic rings. The van der Waals surface area contributed by atoms with Gasteiger partial charge in [-0.1, -0.05) is 22.0 Å². The lowest BCUT2D eigenvalue weighted by atomic mass is 10.1. The van der Waals surface area contributed by atoms with E-state index in [4.69, 9.17) is 0 Å².